The van der Waals surface area contributed by atoms with Gasteiger partial charge in [0.15, 0.2) is 0 Å². The quantitative estimate of drug-likeness (QED) is 0.814. The molecule has 0 amide bonds. The largest absolute Gasteiger partial charge is 0.314 e. The van der Waals surface area contributed by atoms with E-state index in [4.69, 9.17) is 0 Å². The Kier molecular flexibility index (Phi) is 2.96. The molecule has 1 aromatic carbocycles. The molecule has 0 aromatic heterocycles. The molecular weight excluding hydrogens is 206 g/mol. The fraction of sp³-hybridized carbons (Fsp3) is 0.625. The number of rotatable bonds is 5. The van der Waals surface area contributed by atoms with Gasteiger partial charge in [0.25, 0.3) is 0 Å². The zero-order valence-electron chi connectivity index (χ0n) is 10.8. The number of hydrogen-bond donors (Lipinski definition) is 1. The van der Waals surface area contributed by atoms with Gasteiger partial charge in [-0.05, 0) is 56.6 Å². The Bertz CT molecular complexity index is 371. The second-order valence-electron chi connectivity index (χ2n) is 5.98. The van der Waals surface area contributed by atoms with Crippen molar-refractivity contribution < 1.29 is 0 Å². The van der Waals surface area contributed by atoms with Crippen LogP contribution in [0, 0.1) is 6.92 Å². The van der Waals surface area contributed by atoms with E-state index in [1.165, 1.54) is 50.6 Å². The summed E-state index contributed by atoms with van der Waals surface area (Å²) in [6.45, 7) is 3.38. The van der Waals surface area contributed by atoms with Crippen LogP contribution in [0.1, 0.15) is 49.7 Å². The van der Waals surface area contributed by atoms with E-state index in [9.17, 15) is 0 Å². The predicted octanol–water partition coefficient (Wildman–Crippen LogP) is 3.56. The van der Waals surface area contributed by atoms with Gasteiger partial charge >= 0.3 is 0 Å². The average molecular weight is 229 g/mol. The van der Waals surface area contributed by atoms with Gasteiger partial charge in [-0.2, -0.15) is 0 Å². The number of nitrogens with one attached hydrogen (secondary N) is 1. The van der Waals surface area contributed by atoms with Crippen molar-refractivity contribution >= 4 is 0 Å². The minimum atomic E-state index is 0.510. The molecule has 1 N–H and O–H groups in total. The van der Waals surface area contributed by atoms with Crippen molar-refractivity contribution in [3.63, 3.8) is 0 Å². The molecule has 17 heavy (non-hydrogen) atoms. The molecule has 0 bridgehead atoms. The van der Waals surface area contributed by atoms with E-state index in [1.54, 1.807) is 5.56 Å². The maximum absolute atomic E-state index is 3.66. The summed E-state index contributed by atoms with van der Waals surface area (Å²) >= 11 is 0. The molecule has 2 saturated carbocycles. The number of aryl methyl sites for hydroxylation is 1. The lowest BCUT2D eigenvalue weighted by atomic mass is 9.62. The van der Waals surface area contributed by atoms with Gasteiger partial charge in [0, 0.05) is 6.04 Å². The topological polar surface area (TPSA) is 12.0 Å². The van der Waals surface area contributed by atoms with Crippen LogP contribution in [-0.2, 0) is 5.41 Å². The van der Waals surface area contributed by atoms with Crippen LogP contribution in [0.15, 0.2) is 24.3 Å². The van der Waals surface area contributed by atoms with E-state index < -0.39 is 0 Å². The molecule has 2 aliphatic carbocycles. The molecule has 0 unspecified atom stereocenters. The molecule has 92 valence electrons. The summed E-state index contributed by atoms with van der Waals surface area (Å²) in [5, 5.41) is 3.66. The summed E-state index contributed by atoms with van der Waals surface area (Å²) in [5.74, 6) is 0. The summed E-state index contributed by atoms with van der Waals surface area (Å²) in [5.41, 5.74) is 3.46. The minimum Gasteiger partial charge on any atom is -0.314 e. The lowest BCUT2D eigenvalue weighted by molar-refractivity contribution is 0.223. The van der Waals surface area contributed by atoms with Gasteiger partial charge in [0.1, 0.15) is 0 Å². The van der Waals surface area contributed by atoms with Crippen LogP contribution in [0.2, 0.25) is 0 Å². The Morgan fingerprint density at radius 2 is 1.88 bits per heavy atom. The van der Waals surface area contributed by atoms with Gasteiger partial charge in [-0.3, -0.25) is 0 Å². The van der Waals surface area contributed by atoms with Gasteiger partial charge < -0.3 is 5.32 Å². The van der Waals surface area contributed by atoms with Crippen LogP contribution in [0.3, 0.4) is 0 Å². The smallest absolute Gasteiger partial charge is 0.00682 e. The van der Waals surface area contributed by atoms with Gasteiger partial charge in [0.05, 0.1) is 0 Å². The van der Waals surface area contributed by atoms with Crippen molar-refractivity contribution in [1.82, 2.24) is 5.32 Å². The summed E-state index contributed by atoms with van der Waals surface area (Å²) in [4.78, 5) is 0. The Morgan fingerprint density at radius 1 is 1.18 bits per heavy atom. The summed E-state index contributed by atoms with van der Waals surface area (Å²) in [7, 11) is 0. The molecule has 0 spiro atoms. The van der Waals surface area contributed by atoms with Crippen LogP contribution in [0.5, 0.6) is 0 Å². The molecule has 0 heterocycles. The second kappa shape index (κ2) is 4.45. The molecule has 0 aliphatic heterocycles. The second-order valence-corrected chi connectivity index (χ2v) is 5.98. The fourth-order valence-corrected chi connectivity index (χ4v) is 3.00. The lowest BCUT2D eigenvalue weighted by Crippen LogP contribution is -2.37. The molecule has 1 aromatic rings. The van der Waals surface area contributed by atoms with E-state index in [-0.39, 0.29) is 0 Å². The first-order chi connectivity index (χ1) is 8.28. The van der Waals surface area contributed by atoms with Gasteiger partial charge in [-0.1, -0.05) is 36.2 Å². The zero-order valence-corrected chi connectivity index (χ0v) is 10.8. The molecular formula is C16H23N. The lowest BCUT2D eigenvalue weighted by Gasteiger charge is -2.43. The predicted molar refractivity (Wildman–Crippen MR) is 72.3 cm³/mol. The van der Waals surface area contributed by atoms with Crippen molar-refractivity contribution in [3.05, 3.63) is 35.4 Å². The standard InChI is InChI=1S/C16H23N/c1-13-3-5-14(6-4-13)16(9-2-10-16)11-12-17-15-7-8-15/h3-6,15,17H,2,7-12H2,1H3. The highest BCUT2D eigenvalue weighted by Gasteiger charge is 2.38. The van der Waals surface area contributed by atoms with Crippen molar-refractivity contribution in [2.45, 2.75) is 56.9 Å². The Balaban J connectivity index is 1.65. The monoisotopic (exact) mass is 229 g/mol. The molecule has 2 aliphatic rings. The minimum absolute atomic E-state index is 0.510. The van der Waals surface area contributed by atoms with Crippen molar-refractivity contribution in [2.24, 2.45) is 0 Å². The first kappa shape index (κ1) is 11.3. The van der Waals surface area contributed by atoms with Crippen LogP contribution >= 0.6 is 0 Å². The van der Waals surface area contributed by atoms with E-state index in [1.807, 2.05) is 0 Å². The SMILES string of the molecule is Cc1ccc(C2(CCNC3CC3)CCC2)cc1. The van der Waals surface area contributed by atoms with Crippen molar-refractivity contribution in [3.8, 4) is 0 Å². The molecule has 1 heteroatoms. The molecule has 3 rings (SSSR count). The van der Waals surface area contributed by atoms with Gasteiger partial charge in [-0.15, -0.1) is 0 Å². The first-order valence-electron chi connectivity index (χ1n) is 7.09. The van der Waals surface area contributed by atoms with Gasteiger partial charge in [-0.25, -0.2) is 0 Å². The molecule has 2 fully saturated rings. The van der Waals surface area contributed by atoms with Crippen LogP contribution < -0.4 is 5.32 Å². The highest BCUT2D eigenvalue weighted by molar-refractivity contribution is 5.30. The summed E-state index contributed by atoms with van der Waals surface area (Å²) in [6, 6.07) is 10.1. The number of hydrogen-bond acceptors (Lipinski definition) is 1. The Morgan fingerprint density at radius 3 is 2.41 bits per heavy atom. The number of benzene rings is 1. The third-order valence-electron chi connectivity index (χ3n) is 4.59. The van der Waals surface area contributed by atoms with E-state index >= 15 is 0 Å². The van der Waals surface area contributed by atoms with E-state index in [2.05, 4.69) is 36.5 Å². The highest BCUT2D eigenvalue weighted by atomic mass is 14.9. The van der Waals surface area contributed by atoms with Crippen LogP contribution in [-0.4, -0.2) is 12.6 Å². The molecule has 0 atom stereocenters. The van der Waals surface area contributed by atoms with Crippen molar-refractivity contribution in [2.75, 3.05) is 6.54 Å². The average Bonchev–Trinajstić information content (AvgIpc) is 3.08. The molecule has 0 saturated heterocycles. The van der Waals surface area contributed by atoms with Gasteiger partial charge in [0.2, 0.25) is 0 Å². The molecule has 0 radical (unpaired) electrons. The molecule has 1 nitrogen and oxygen atoms in total. The zero-order chi connectivity index (χ0) is 11.7. The Labute approximate surface area is 105 Å². The maximum Gasteiger partial charge on any atom is 0.00682 e. The fourth-order valence-electron chi connectivity index (χ4n) is 3.00. The van der Waals surface area contributed by atoms with Crippen LogP contribution in [0.4, 0.5) is 0 Å². The van der Waals surface area contributed by atoms with E-state index in [0.29, 0.717) is 5.41 Å². The van der Waals surface area contributed by atoms with Crippen LogP contribution in [0.25, 0.3) is 0 Å². The first-order valence-corrected chi connectivity index (χ1v) is 7.09. The van der Waals surface area contributed by atoms with Crippen molar-refractivity contribution in [1.29, 1.82) is 0 Å². The summed E-state index contributed by atoms with van der Waals surface area (Å²) < 4.78 is 0. The highest BCUT2D eigenvalue weighted by Crippen LogP contribution is 2.46. The third-order valence-corrected chi connectivity index (χ3v) is 4.59. The third kappa shape index (κ3) is 2.40. The maximum atomic E-state index is 3.66. The summed E-state index contributed by atoms with van der Waals surface area (Å²) in [6.07, 6.45) is 8.32. The van der Waals surface area contributed by atoms with E-state index in [0.717, 1.165) is 6.04 Å². The normalized spacial score (nSPS) is 22.2. The Hall–Kier alpha value is -0.820.